The van der Waals surface area contributed by atoms with E-state index in [1.54, 1.807) is 23.1 Å². The largest absolute Gasteiger partial charge is 0.507 e. The lowest BCUT2D eigenvalue weighted by Gasteiger charge is -2.10. The van der Waals surface area contributed by atoms with E-state index in [0.29, 0.717) is 17.1 Å². The van der Waals surface area contributed by atoms with Crippen molar-refractivity contribution in [2.45, 2.75) is 6.54 Å². The standard InChI is InChI=1S/C17H14N4O2/c18-10-13-17(16-8-3-9-23-16)21(20-19-13)14-6-1-5-12-11(14)4-2-7-15(12)22/h1-9,22H,10,18H2. The molecule has 0 atom stereocenters. The Morgan fingerprint density at radius 1 is 1.04 bits per heavy atom. The molecule has 0 saturated carbocycles. The maximum atomic E-state index is 10.1. The summed E-state index contributed by atoms with van der Waals surface area (Å²) in [7, 11) is 0. The minimum atomic E-state index is 0.225. The third-order valence-electron chi connectivity index (χ3n) is 3.79. The van der Waals surface area contributed by atoms with Gasteiger partial charge in [-0.15, -0.1) is 5.10 Å². The average Bonchev–Trinajstić information content (AvgIpc) is 3.23. The molecule has 4 rings (SSSR count). The highest BCUT2D eigenvalue weighted by Gasteiger charge is 2.19. The molecule has 23 heavy (non-hydrogen) atoms. The van der Waals surface area contributed by atoms with Gasteiger partial charge in [-0.05, 0) is 24.3 Å². The first-order valence-electron chi connectivity index (χ1n) is 7.19. The topological polar surface area (TPSA) is 90.1 Å². The number of phenolic OH excluding ortho intramolecular Hbond substituents is 1. The summed E-state index contributed by atoms with van der Waals surface area (Å²) in [6, 6.07) is 14.7. The summed E-state index contributed by atoms with van der Waals surface area (Å²) in [5.74, 6) is 0.871. The molecule has 6 heteroatoms. The van der Waals surface area contributed by atoms with Crippen molar-refractivity contribution in [1.82, 2.24) is 15.0 Å². The van der Waals surface area contributed by atoms with Crippen LogP contribution in [0.3, 0.4) is 0 Å². The van der Waals surface area contributed by atoms with Gasteiger partial charge in [-0.3, -0.25) is 0 Å². The van der Waals surface area contributed by atoms with Gasteiger partial charge in [0.2, 0.25) is 0 Å². The lowest BCUT2D eigenvalue weighted by atomic mass is 10.1. The molecule has 0 radical (unpaired) electrons. The summed E-state index contributed by atoms with van der Waals surface area (Å²) in [6.45, 7) is 0.256. The number of rotatable bonds is 3. The smallest absolute Gasteiger partial charge is 0.154 e. The number of nitrogens with zero attached hydrogens (tertiary/aromatic N) is 3. The van der Waals surface area contributed by atoms with Crippen molar-refractivity contribution in [2.75, 3.05) is 0 Å². The van der Waals surface area contributed by atoms with E-state index in [0.717, 1.165) is 16.5 Å². The SMILES string of the molecule is NCc1nnn(-c2cccc3c(O)cccc23)c1-c1ccco1. The van der Waals surface area contributed by atoms with Crippen LogP contribution < -0.4 is 5.73 Å². The predicted molar refractivity (Wildman–Crippen MR) is 86.1 cm³/mol. The molecule has 0 fully saturated rings. The Kier molecular flexibility index (Phi) is 3.09. The Morgan fingerprint density at radius 3 is 2.65 bits per heavy atom. The highest BCUT2D eigenvalue weighted by Crippen LogP contribution is 2.32. The molecule has 0 saturated heterocycles. The van der Waals surface area contributed by atoms with Crippen molar-refractivity contribution < 1.29 is 9.52 Å². The zero-order valence-corrected chi connectivity index (χ0v) is 12.2. The molecule has 0 bridgehead atoms. The normalized spacial score (nSPS) is 11.2. The van der Waals surface area contributed by atoms with Crippen LogP contribution >= 0.6 is 0 Å². The molecule has 6 nitrogen and oxygen atoms in total. The van der Waals surface area contributed by atoms with Crippen molar-refractivity contribution in [3.05, 3.63) is 60.5 Å². The molecule has 0 aliphatic rings. The van der Waals surface area contributed by atoms with E-state index >= 15 is 0 Å². The first kappa shape index (κ1) is 13.5. The lowest BCUT2D eigenvalue weighted by Crippen LogP contribution is -2.02. The molecular weight excluding hydrogens is 292 g/mol. The Balaban J connectivity index is 2.03. The van der Waals surface area contributed by atoms with Crippen molar-refractivity contribution in [1.29, 1.82) is 0 Å². The van der Waals surface area contributed by atoms with Crippen molar-refractivity contribution in [3.63, 3.8) is 0 Å². The van der Waals surface area contributed by atoms with Crippen LogP contribution in [0.5, 0.6) is 5.75 Å². The molecular formula is C17H14N4O2. The fourth-order valence-electron chi connectivity index (χ4n) is 2.74. The number of aromatic hydroxyl groups is 1. The van der Waals surface area contributed by atoms with Gasteiger partial charge < -0.3 is 15.3 Å². The quantitative estimate of drug-likeness (QED) is 0.607. The van der Waals surface area contributed by atoms with Crippen LogP contribution in [0.2, 0.25) is 0 Å². The number of hydrogen-bond acceptors (Lipinski definition) is 5. The highest BCUT2D eigenvalue weighted by molar-refractivity contribution is 5.94. The van der Waals surface area contributed by atoms with Gasteiger partial charge in [0.25, 0.3) is 0 Å². The summed E-state index contributed by atoms with van der Waals surface area (Å²) < 4.78 is 7.21. The van der Waals surface area contributed by atoms with E-state index in [1.807, 2.05) is 36.4 Å². The van der Waals surface area contributed by atoms with Crippen molar-refractivity contribution in [2.24, 2.45) is 5.73 Å². The molecule has 4 aromatic rings. The van der Waals surface area contributed by atoms with Gasteiger partial charge in [-0.1, -0.05) is 29.5 Å². The minimum absolute atomic E-state index is 0.225. The number of aromatic nitrogens is 3. The van der Waals surface area contributed by atoms with E-state index in [9.17, 15) is 5.11 Å². The molecule has 0 spiro atoms. The average molecular weight is 306 g/mol. The Hall–Kier alpha value is -3.12. The zero-order valence-electron chi connectivity index (χ0n) is 12.2. The lowest BCUT2D eigenvalue weighted by molar-refractivity contribution is 0.481. The Bertz CT molecular complexity index is 974. The molecule has 0 amide bonds. The Morgan fingerprint density at radius 2 is 1.87 bits per heavy atom. The van der Waals surface area contributed by atoms with Gasteiger partial charge >= 0.3 is 0 Å². The number of nitrogens with two attached hydrogens (primary N) is 1. The first-order chi connectivity index (χ1) is 11.3. The molecule has 0 unspecified atom stereocenters. The van der Waals surface area contributed by atoms with Gasteiger partial charge in [0.1, 0.15) is 17.1 Å². The fraction of sp³-hybridized carbons (Fsp3) is 0.0588. The van der Waals surface area contributed by atoms with Crippen LogP contribution in [0.15, 0.2) is 59.2 Å². The third-order valence-corrected chi connectivity index (χ3v) is 3.79. The minimum Gasteiger partial charge on any atom is -0.507 e. The second kappa shape index (κ2) is 5.26. The van der Waals surface area contributed by atoms with Crippen LogP contribution in [0.4, 0.5) is 0 Å². The third kappa shape index (κ3) is 2.08. The van der Waals surface area contributed by atoms with Gasteiger partial charge in [0.15, 0.2) is 5.76 Å². The van der Waals surface area contributed by atoms with Crippen LogP contribution in [-0.2, 0) is 6.54 Å². The zero-order chi connectivity index (χ0) is 15.8. The van der Waals surface area contributed by atoms with Gasteiger partial charge in [-0.2, -0.15) is 0 Å². The fourth-order valence-corrected chi connectivity index (χ4v) is 2.74. The van der Waals surface area contributed by atoms with E-state index < -0.39 is 0 Å². The van der Waals surface area contributed by atoms with Crippen molar-refractivity contribution in [3.8, 4) is 22.9 Å². The maximum absolute atomic E-state index is 10.1. The summed E-state index contributed by atoms with van der Waals surface area (Å²) >= 11 is 0. The van der Waals surface area contributed by atoms with E-state index in [2.05, 4.69) is 10.3 Å². The second-order valence-electron chi connectivity index (χ2n) is 5.13. The molecule has 0 aliphatic carbocycles. The summed E-state index contributed by atoms with van der Waals surface area (Å²) in [6.07, 6.45) is 1.60. The van der Waals surface area contributed by atoms with E-state index in [4.69, 9.17) is 10.2 Å². The predicted octanol–water partition coefficient (Wildman–Crippen LogP) is 2.84. The first-order valence-corrected chi connectivity index (χ1v) is 7.19. The van der Waals surface area contributed by atoms with E-state index in [1.165, 1.54) is 0 Å². The maximum Gasteiger partial charge on any atom is 0.154 e. The van der Waals surface area contributed by atoms with Crippen LogP contribution in [-0.4, -0.2) is 20.1 Å². The number of benzene rings is 2. The van der Waals surface area contributed by atoms with Gasteiger partial charge in [0.05, 0.1) is 12.0 Å². The summed E-state index contributed by atoms with van der Waals surface area (Å²) in [5, 5.41) is 20.1. The molecule has 0 aliphatic heterocycles. The molecule has 2 aromatic heterocycles. The second-order valence-corrected chi connectivity index (χ2v) is 5.13. The van der Waals surface area contributed by atoms with Crippen LogP contribution in [0, 0.1) is 0 Å². The highest BCUT2D eigenvalue weighted by atomic mass is 16.3. The van der Waals surface area contributed by atoms with E-state index in [-0.39, 0.29) is 12.3 Å². The number of furan rings is 1. The van der Waals surface area contributed by atoms with Crippen molar-refractivity contribution >= 4 is 10.8 Å². The summed E-state index contributed by atoms with van der Waals surface area (Å²) in [5.41, 5.74) is 7.96. The number of fused-ring (bicyclic) bond motifs is 1. The molecule has 2 aromatic carbocycles. The number of phenols is 1. The molecule has 114 valence electrons. The van der Waals surface area contributed by atoms with Gasteiger partial charge in [-0.25, -0.2) is 4.68 Å². The number of hydrogen-bond donors (Lipinski definition) is 2. The summed E-state index contributed by atoms with van der Waals surface area (Å²) in [4.78, 5) is 0. The van der Waals surface area contributed by atoms with Gasteiger partial charge in [0, 0.05) is 17.3 Å². The van der Waals surface area contributed by atoms with Crippen LogP contribution in [0.25, 0.3) is 27.9 Å². The van der Waals surface area contributed by atoms with Crippen LogP contribution in [0.1, 0.15) is 5.69 Å². The monoisotopic (exact) mass is 306 g/mol. The molecule has 3 N–H and O–H groups in total. The Labute approximate surface area is 131 Å². The molecule has 2 heterocycles.